The van der Waals surface area contributed by atoms with Gasteiger partial charge in [0, 0.05) is 25.8 Å². The predicted octanol–water partition coefficient (Wildman–Crippen LogP) is 1.93. The molecule has 0 aromatic carbocycles. The summed E-state index contributed by atoms with van der Waals surface area (Å²) in [5.74, 6) is 1.84. The van der Waals surface area contributed by atoms with Crippen LogP contribution in [-0.2, 0) is 4.79 Å². The van der Waals surface area contributed by atoms with Gasteiger partial charge in [-0.3, -0.25) is 9.78 Å². The second-order valence-electron chi connectivity index (χ2n) is 6.82. The Hall–Kier alpha value is -2.48. The average molecular weight is 392 g/mol. The first-order valence-electron chi connectivity index (χ1n) is 8.84. The van der Waals surface area contributed by atoms with Gasteiger partial charge < -0.3 is 15.0 Å². The molecule has 3 heterocycles. The number of ether oxygens (including phenoxy) is 1. The van der Waals surface area contributed by atoms with Crippen LogP contribution in [0.1, 0.15) is 6.42 Å². The lowest BCUT2D eigenvalue weighted by atomic mass is 10.2. The molecule has 2 fully saturated rings. The lowest BCUT2D eigenvalue weighted by Crippen LogP contribution is -2.31. The minimum absolute atomic E-state index is 0.0231. The lowest BCUT2D eigenvalue weighted by molar-refractivity contribution is -0.123. The molecule has 1 aliphatic carbocycles. The number of amides is 1. The van der Waals surface area contributed by atoms with Crippen molar-refractivity contribution in [3.8, 4) is 5.75 Å². The molecule has 0 radical (unpaired) electrons. The zero-order chi connectivity index (χ0) is 18.8. The Morgan fingerprint density at radius 1 is 1.37 bits per heavy atom. The number of halogens is 2. The number of rotatable bonds is 7. The fourth-order valence-electron chi connectivity index (χ4n) is 3.82. The Morgan fingerprint density at radius 3 is 2.93 bits per heavy atom. The van der Waals surface area contributed by atoms with Crippen molar-refractivity contribution in [2.45, 2.75) is 6.42 Å². The first-order valence-corrected chi connectivity index (χ1v) is 9.22. The van der Waals surface area contributed by atoms with Gasteiger partial charge in [-0.1, -0.05) is 0 Å². The number of carbonyl (C=O) groups excluding carboxylic acids is 1. The van der Waals surface area contributed by atoms with Crippen molar-refractivity contribution in [2.75, 3.05) is 31.1 Å². The number of hydrogen-bond acceptors (Lipinski definition) is 6. The van der Waals surface area contributed by atoms with E-state index >= 15 is 0 Å². The van der Waals surface area contributed by atoms with Crippen LogP contribution in [0.25, 0.3) is 0 Å². The summed E-state index contributed by atoms with van der Waals surface area (Å²) >= 11 is 5.77. The summed E-state index contributed by atoms with van der Waals surface area (Å²) in [6, 6.07) is 3.51. The summed E-state index contributed by atoms with van der Waals surface area (Å²) in [7, 11) is 0. The Morgan fingerprint density at radius 2 is 2.19 bits per heavy atom. The van der Waals surface area contributed by atoms with Gasteiger partial charge in [0.15, 0.2) is 18.2 Å². The van der Waals surface area contributed by atoms with Crippen LogP contribution in [0.4, 0.5) is 10.2 Å². The van der Waals surface area contributed by atoms with Crippen LogP contribution in [0.2, 0.25) is 5.28 Å². The van der Waals surface area contributed by atoms with E-state index in [1.807, 2.05) is 4.90 Å². The maximum atomic E-state index is 13.9. The largest absolute Gasteiger partial charge is 0.482 e. The summed E-state index contributed by atoms with van der Waals surface area (Å²) in [6.45, 7) is 2.11. The molecule has 9 heteroatoms. The van der Waals surface area contributed by atoms with Crippen LogP contribution in [0.3, 0.4) is 0 Å². The second-order valence-corrected chi connectivity index (χ2v) is 7.16. The van der Waals surface area contributed by atoms with Crippen LogP contribution in [-0.4, -0.2) is 47.1 Å². The van der Waals surface area contributed by atoms with Crippen molar-refractivity contribution in [2.24, 2.45) is 17.8 Å². The number of fused-ring (bicyclic) bond motifs is 1. The first kappa shape index (κ1) is 17.9. The van der Waals surface area contributed by atoms with Crippen LogP contribution >= 0.6 is 11.6 Å². The Labute approximate surface area is 160 Å². The highest BCUT2D eigenvalue weighted by Gasteiger charge is 2.55. The molecule has 1 N–H and O–H groups in total. The fraction of sp³-hybridized carbons (Fsp3) is 0.444. The molecule has 1 saturated heterocycles. The highest BCUT2D eigenvalue weighted by molar-refractivity contribution is 6.28. The summed E-state index contributed by atoms with van der Waals surface area (Å²) in [5.41, 5.74) is 0. The van der Waals surface area contributed by atoms with Crippen molar-refractivity contribution >= 4 is 23.3 Å². The molecule has 27 heavy (non-hydrogen) atoms. The van der Waals surface area contributed by atoms with Crippen LogP contribution in [0, 0.1) is 23.6 Å². The number of nitrogens with zero attached hydrogens (tertiary/aromatic N) is 4. The molecule has 3 atom stereocenters. The lowest BCUT2D eigenvalue weighted by Gasteiger charge is -2.21. The average Bonchev–Trinajstić information content (AvgIpc) is 3.12. The van der Waals surface area contributed by atoms with Crippen molar-refractivity contribution < 1.29 is 13.9 Å². The molecule has 7 nitrogen and oxygen atoms in total. The fourth-order valence-corrected chi connectivity index (χ4v) is 3.95. The molecule has 1 unspecified atom stereocenters. The molecule has 1 amide bonds. The molecule has 142 valence electrons. The van der Waals surface area contributed by atoms with E-state index < -0.39 is 5.82 Å². The van der Waals surface area contributed by atoms with E-state index in [2.05, 4.69) is 20.3 Å². The molecule has 4 rings (SSSR count). The van der Waals surface area contributed by atoms with Crippen molar-refractivity contribution in [3.63, 3.8) is 0 Å². The van der Waals surface area contributed by atoms with E-state index in [1.54, 1.807) is 24.5 Å². The van der Waals surface area contributed by atoms with Crippen molar-refractivity contribution in [1.82, 2.24) is 20.3 Å². The summed E-state index contributed by atoms with van der Waals surface area (Å²) in [6.07, 6.45) is 5.23. The molecule has 2 aliphatic rings. The smallest absolute Gasteiger partial charge is 0.257 e. The van der Waals surface area contributed by atoms with Gasteiger partial charge in [0.25, 0.3) is 5.91 Å². The van der Waals surface area contributed by atoms with Crippen molar-refractivity contribution in [1.29, 1.82) is 0 Å². The summed E-state index contributed by atoms with van der Waals surface area (Å²) in [4.78, 5) is 25.3. The Kier molecular flexibility index (Phi) is 5.07. The van der Waals surface area contributed by atoms with Gasteiger partial charge in [-0.05, 0) is 47.9 Å². The molecule has 0 bridgehead atoms. The van der Waals surface area contributed by atoms with E-state index in [9.17, 15) is 9.18 Å². The van der Waals surface area contributed by atoms with Crippen molar-refractivity contribution in [3.05, 3.63) is 41.8 Å². The van der Waals surface area contributed by atoms with Gasteiger partial charge in [-0.15, -0.1) is 0 Å². The van der Waals surface area contributed by atoms with E-state index in [-0.39, 0.29) is 23.6 Å². The topological polar surface area (TPSA) is 80.2 Å². The molecule has 2 aromatic rings. The molecular weight excluding hydrogens is 373 g/mol. The maximum absolute atomic E-state index is 13.9. The zero-order valence-electron chi connectivity index (χ0n) is 14.5. The highest BCUT2D eigenvalue weighted by Crippen LogP contribution is 2.54. The summed E-state index contributed by atoms with van der Waals surface area (Å²) < 4.78 is 19.2. The predicted molar refractivity (Wildman–Crippen MR) is 97.0 cm³/mol. The van der Waals surface area contributed by atoms with Crippen LogP contribution in [0.15, 0.2) is 30.7 Å². The quantitative estimate of drug-likeness (QED) is 0.726. The second kappa shape index (κ2) is 7.64. The van der Waals surface area contributed by atoms with Gasteiger partial charge >= 0.3 is 0 Å². The monoisotopic (exact) mass is 391 g/mol. The molecule has 1 saturated carbocycles. The zero-order valence-corrected chi connectivity index (χ0v) is 15.3. The van der Waals surface area contributed by atoms with Gasteiger partial charge in [-0.2, -0.15) is 4.98 Å². The third-order valence-electron chi connectivity index (χ3n) is 5.17. The van der Waals surface area contributed by atoms with E-state index in [0.29, 0.717) is 30.0 Å². The van der Waals surface area contributed by atoms with E-state index in [1.165, 1.54) is 0 Å². The van der Waals surface area contributed by atoms with Gasteiger partial charge in [0.1, 0.15) is 5.75 Å². The number of hydrogen-bond donors (Lipinski definition) is 1. The minimum atomic E-state index is -0.446. The van der Waals surface area contributed by atoms with Gasteiger partial charge in [-0.25, -0.2) is 9.37 Å². The van der Waals surface area contributed by atoms with Crippen LogP contribution in [0.5, 0.6) is 5.75 Å². The highest BCUT2D eigenvalue weighted by atomic mass is 35.5. The number of pyridine rings is 1. The van der Waals surface area contributed by atoms with Crippen LogP contribution < -0.4 is 15.0 Å². The number of carbonyl (C=O) groups is 1. The van der Waals surface area contributed by atoms with E-state index in [4.69, 9.17) is 16.3 Å². The number of nitrogens with one attached hydrogen (secondary N) is 1. The molecule has 1 aliphatic heterocycles. The van der Waals surface area contributed by atoms with E-state index in [0.717, 1.165) is 25.7 Å². The van der Waals surface area contributed by atoms with Gasteiger partial charge in [0.05, 0.1) is 12.4 Å². The minimum Gasteiger partial charge on any atom is -0.482 e. The molecule has 0 spiro atoms. The maximum Gasteiger partial charge on any atom is 0.257 e. The first-order chi connectivity index (χ1) is 13.1. The third kappa shape index (κ3) is 4.10. The SMILES string of the molecule is O=C(COc1cccnc1)NCCC1[C@H]2CN(c3nc(Cl)ncc3F)C[C@@H]12. The van der Waals surface area contributed by atoms with Gasteiger partial charge in [0.2, 0.25) is 5.28 Å². The third-order valence-corrected chi connectivity index (χ3v) is 5.35. The number of piperidine rings is 1. The Balaban J connectivity index is 1.16. The molecule has 2 aromatic heterocycles. The molecular formula is C18H19ClFN5O2. The normalized spacial score (nSPS) is 23.0. The number of anilines is 1. The summed E-state index contributed by atoms with van der Waals surface area (Å²) in [5, 5.41) is 2.93. The Bertz CT molecular complexity index is 813. The standard InChI is InChI=1S/C18H19ClFN5O2/c19-18-23-7-15(20)17(24-18)25-8-13-12(14(13)9-25)3-5-22-16(26)10-27-11-2-1-4-21-6-11/h1-2,4,6-7,12-14H,3,5,8-10H2,(H,22,26)/t12?,13-,14+. The number of aromatic nitrogens is 3.